The second-order valence-electron chi connectivity index (χ2n) is 7.60. The van der Waals surface area contributed by atoms with Crippen molar-refractivity contribution in [1.82, 2.24) is 15.1 Å². The third-order valence-electron chi connectivity index (χ3n) is 6.00. The first-order valence-electron chi connectivity index (χ1n) is 10.2. The summed E-state index contributed by atoms with van der Waals surface area (Å²) in [5, 5.41) is 3.23. The summed E-state index contributed by atoms with van der Waals surface area (Å²) in [6.45, 7) is 10.6. The number of hydrogen-bond acceptors (Lipinski definition) is 4. The summed E-state index contributed by atoms with van der Waals surface area (Å²) in [7, 11) is 2.01. The molecule has 5 nitrogen and oxygen atoms in total. The highest BCUT2D eigenvalue weighted by Gasteiger charge is 2.23. The summed E-state index contributed by atoms with van der Waals surface area (Å²) < 4.78 is 0. The standard InChI is InChI=1S/C21H34N4O.2ClH/c1-3-23-14-16-24(17-15-23)20-6-4-19(5-7-20)21(26)25-12-9-18(10-13-25)8-11-22-2;;/h4-7,18,22H,3,8-17H2,1-2H3;2*1H. The molecule has 1 amide bonds. The van der Waals surface area contributed by atoms with Gasteiger partial charge in [-0.1, -0.05) is 6.92 Å². The number of piperazine rings is 1. The number of nitrogens with zero attached hydrogens (tertiary/aromatic N) is 3. The monoisotopic (exact) mass is 430 g/mol. The van der Waals surface area contributed by atoms with Crippen molar-refractivity contribution in [1.29, 1.82) is 0 Å². The van der Waals surface area contributed by atoms with Crippen molar-refractivity contribution in [3.63, 3.8) is 0 Å². The Morgan fingerprint density at radius 2 is 1.61 bits per heavy atom. The number of likely N-dealkylation sites (tertiary alicyclic amines) is 1. The van der Waals surface area contributed by atoms with Crippen LogP contribution >= 0.6 is 24.8 Å². The lowest BCUT2D eigenvalue weighted by Crippen LogP contribution is -2.46. The number of likely N-dealkylation sites (N-methyl/N-ethyl adjacent to an activating group) is 1. The molecule has 0 atom stereocenters. The van der Waals surface area contributed by atoms with E-state index >= 15 is 0 Å². The van der Waals surface area contributed by atoms with E-state index in [-0.39, 0.29) is 30.7 Å². The van der Waals surface area contributed by atoms with Gasteiger partial charge < -0.3 is 20.0 Å². The van der Waals surface area contributed by atoms with Gasteiger partial charge in [-0.05, 0) is 69.6 Å². The molecular weight excluding hydrogens is 395 g/mol. The van der Waals surface area contributed by atoms with Gasteiger partial charge in [-0.15, -0.1) is 24.8 Å². The summed E-state index contributed by atoms with van der Waals surface area (Å²) >= 11 is 0. The van der Waals surface area contributed by atoms with Gasteiger partial charge in [0.25, 0.3) is 5.91 Å². The molecule has 2 fully saturated rings. The fourth-order valence-corrected chi connectivity index (χ4v) is 4.09. The third kappa shape index (κ3) is 6.51. The van der Waals surface area contributed by atoms with E-state index < -0.39 is 0 Å². The van der Waals surface area contributed by atoms with Crippen LogP contribution in [0.3, 0.4) is 0 Å². The zero-order valence-corrected chi connectivity index (χ0v) is 18.9. The van der Waals surface area contributed by atoms with Crippen LogP contribution in [0.2, 0.25) is 0 Å². The molecule has 0 saturated carbocycles. The molecule has 1 aromatic rings. The van der Waals surface area contributed by atoms with Gasteiger partial charge in [0.2, 0.25) is 0 Å². The molecule has 0 radical (unpaired) electrons. The number of amides is 1. The van der Waals surface area contributed by atoms with Crippen LogP contribution in [0.1, 0.15) is 36.5 Å². The van der Waals surface area contributed by atoms with Gasteiger partial charge in [0.15, 0.2) is 0 Å². The van der Waals surface area contributed by atoms with Crippen LogP contribution in [0.15, 0.2) is 24.3 Å². The van der Waals surface area contributed by atoms with Crippen molar-refractivity contribution in [2.75, 3.05) is 64.3 Å². The molecule has 28 heavy (non-hydrogen) atoms. The molecule has 0 unspecified atom stereocenters. The third-order valence-corrected chi connectivity index (χ3v) is 6.00. The van der Waals surface area contributed by atoms with Crippen molar-refractivity contribution < 1.29 is 4.79 Å². The van der Waals surface area contributed by atoms with Gasteiger partial charge in [0.1, 0.15) is 0 Å². The van der Waals surface area contributed by atoms with Gasteiger partial charge in [-0.25, -0.2) is 0 Å². The van der Waals surface area contributed by atoms with Gasteiger partial charge >= 0.3 is 0 Å². The van der Waals surface area contributed by atoms with Crippen LogP contribution in [0.4, 0.5) is 5.69 Å². The number of carbonyl (C=O) groups is 1. The number of halogens is 2. The van der Waals surface area contributed by atoms with E-state index in [1.807, 2.05) is 24.1 Å². The number of rotatable bonds is 6. The molecule has 1 aromatic carbocycles. The lowest BCUT2D eigenvalue weighted by atomic mass is 9.93. The SMILES string of the molecule is CCN1CCN(c2ccc(C(=O)N3CCC(CCNC)CC3)cc2)CC1.Cl.Cl. The Bertz CT molecular complexity index is 568. The molecule has 3 rings (SSSR count). The Hall–Kier alpha value is -1.01. The zero-order valence-electron chi connectivity index (χ0n) is 17.2. The maximum absolute atomic E-state index is 12.8. The van der Waals surface area contributed by atoms with Crippen molar-refractivity contribution in [3.8, 4) is 0 Å². The summed E-state index contributed by atoms with van der Waals surface area (Å²) in [4.78, 5) is 19.7. The van der Waals surface area contributed by atoms with E-state index in [9.17, 15) is 4.79 Å². The van der Waals surface area contributed by atoms with Crippen LogP contribution in [0.5, 0.6) is 0 Å². The highest BCUT2D eigenvalue weighted by molar-refractivity contribution is 5.94. The van der Waals surface area contributed by atoms with Gasteiger partial charge in [-0.2, -0.15) is 0 Å². The Labute approximate surface area is 182 Å². The lowest BCUT2D eigenvalue weighted by Gasteiger charge is -2.35. The first-order chi connectivity index (χ1) is 12.7. The van der Waals surface area contributed by atoms with Crippen molar-refractivity contribution in [3.05, 3.63) is 29.8 Å². The van der Waals surface area contributed by atoms with E-state index in [1.165, 1.54) is 12.1 Å². The van der Waals surface area contributed by atoms with Crippen LogP contribution in [-0.4, -0.2) is 75.1 Å². The zero-order chi connectivity index (χ0) is 18.4. The predicted molar refractivity (Wildman–Crippen MR) is 122 cm³/mol. The molecule has 2 aliphatic rings. The van der Waals surface area contributed by atoms with Crippen molar-refractivity contribution in [2.45, 2.75) is 26.2 Å². The number of nitrogens with one attached hydrogen (secondary N) is 1. The number of piperidine rings is 1. The lowest BCUT2D eigenvalue weighted by molar-refractivity contribution is 0.0687. The highest BCUT2D eigenvalue weighted by atomic mass is 35.5. The quantitative estimate of drug-likeness (QED) is 0.751. The summed E-state index contributed by atoms with van der Waals surface area (Å²) in [5.74, 6) is 0.954. The topological polar surface area (TPSA) is 38.8 Å². The predicted octanol–water partition coefficient (Wildman–Crippen LogP) is 3.13. The van der Waals surface area contributed by atoms with Crippen LogP contribution < -0.4 is 10.2 Å². The Balaban J connectivity index is 0.00000196. The number of anilines is 1. The normalized spacial score (nSPS) is 18.4. The van der Waals surface area contributed by atoms with E-state index in [0.717, 1.165) is 76.7 Å². The van der Waals surface area contributed by atoms with E-state index in [0.29, 0.717) is 0 Å². The Kier molecular flexibility index (Phi) is 11.2. The van der Waals surface area contributed by atoms with Gasteiger partial charge in [-0.3, -0.25) is 4.79 Å². The molecule has 7 heteroatoms. The van der Waals surface area contributed by atoms with Crippen LogP contribution in [0, 0.1) is 5.92 Å². The number of hydrogen-bond donors (Lipinski definition) is 1. The second kappa shape index (κ2) is 12.5. The van der Waals surface area contributed by atoms with E-state index in [2.05, 4.69) is 34.2 Å². The minimum atomic E-state index is 0. The van der Waals surface area contributed by atoms with E-state index in [1.54, 1.807) is 0 Å². The molecule has 2 aliphatic heterocycles. The maximum Gasteiger partial charge on any atom is 0.253 e. The molecular formula is C21H36Cl2N4O. The minimum absolute atomic E-state index is 0. The molecule has 160 valence electrons. The molecule has 0 aliphatic carbocycles. The summed E-state index contributed by atoms with van der Waals surface area (Å²) in [6.07, 6.45) is 3.49. The largest absolute Gasteiger partial charge is 0.369 e. The number of carbonyl (C=O) groups excluding carboxylic acids is 1. The van der Waals surface area contributed by atoms with Crippen molar-refractivity contribution >= 4 is 36.4 Å². The molecule has 1 N–H and O–H groups in total. The molecule has 2 saturated heterocycles. The molecule has 2 heterocycles. The minimum Gasteiger partial charge on any atom is -0.369 e. The summed E-state index contributed by atoms with van der Waals surface area (Å²) in [5.41, 5.74) is 2.07. The first-order valence-corrected chi connectivity index (χ1v) is 10.2. The van der Waals surface area contributed by atoms with Gasteiger partial charge in [0, 0.05) is 50.5 Å². The Morgan fingerprint density at radius 1 is 1.00 bits per heavy atom. The molecule has 0 bridgehead atoms. The number of benzene rings is 1. The highest BCUT2D eigenvalue weighted by Crippen LogP contribution is 2.23. The second-order valence-corrected chi connectivity index (χ2v) is 7.60. The first kappa shape index (κ1) is 25.0. The van der Waals surface area contributed by atoms with Crippen LogP contribution in [0.25, 0.3) is 0 Å². The van der Waals surface area contributed by atoms with Crippen molar-refractivity contribution in [2.24, 2.45) is 5.92 Å². The average Bonchev–Trinajstić information content (AvgIpc) is 2.72. The smallest absolute Gasteiger partial charge is 0.253 e. The van der Waals surface area contributed by atoms with E-state index in [4.69, 9.17) is 0 Å². The fraction of sp³-hybridized carbons (Fsp3) is 0.667. The Morgan fingerprint density at radius 3 is 2.14 bits per heavy atom. The van der Waals surface area contributed by atoms with Gasteiger partial charge in [0.05, 0.1) is 0 Å². The average molecular weight is 431 g/mol. The fourth-order valence-electron chi connectivity index (χ4n) is 4.09. The van der Waals surface area contributed by atoms with Crippen LogP contribution in [-0.2, 0) is 0 Å². The molecule has 0 spiro atoms. The molecule has 0 aromatic heterocycles. The summed E-state index contributed by atoms with van der Waals surface area (Å²) in [6, 6.07) is 8.26. The maximum atomic E-state index is 12.8.